The molecule has 0 spiro atoms. The smallest absolute Gasteiger partial charge is 0.251 e. The number of ether oxygens (including phenoxy) is 1. The van der Waals surface area contributed by atoms with Gasteiger partial charge in [-0.1, -0.05) is 25.1 Å². The summed E-state index contributed by atoms with van der Waals surface area (Å²) in [5.74, 6) is 0. The van der Waals surface area contributed by atoms with Crippen LogP contribution in [0.5, 0.6) is 0 Å². The van der Waals surface area contributed by atoms with Crippen LogP contribution in [0.1, 0.15) is 36.4 Å². The van der Waals surface area contributed by atoms with Crippen molar-refractivity contribution < 1.29 is 4.74 Å². The zero-order valence-electron chi connectivity index (χ0n) is 15.9. The Hall–Kier alpha value is -2.97. The third-order valence-corrected chi connectivity index (χ3v) is 4.88. The van der Waals surface area contributed by atoms with Crippen molar-refractivity contribution >= 4 is 10.9 Å². The van der Waals surface area contributed by atoms with Gasteiger partial charge in [0.05, 0.1) is 23.8 Å². The van der Waals surface area contributed by atoms with Gasteiger partial charge >= 0.3 is 0 Å². The maximum atomic E-state index is 12.1. The predicted octanol–water partition coefficient (Wildman–Crippen LogP) is 3.66. The molecule has 1 aromatic carbocycles. The topological polar surface area (TPSA) is 78.8 Å². The molecule has 0 amide bonds. The van der Waals surface area contributed by atoms with E-state index in [-0.39, 0.29) is 5.56 Å². The number of nitrogens with one attached hydrogen (secondary N) is 1. The second-order valence-electron chi connectivity index (χ2n) is 6.95. The van der Waals surface area contributed by atoms with Gasteiger partial charge in [-0.15, -0.1) is 0 Å². The highest BCUT2D eigenvalue weighted by Crippen LogP contribution is 2.29. The fourth-order valence-electron chi connectivity index (χ4n) is 3.28. The van der Waals surface area contributed by atoms with Crippen molar-refractivity contribution in [3.05, 3.63) is 75.3 Å². The molecule has 1 N–H and O–H groups in total. The highest BCUT2D eigenvalue weighted by Gasteiger charge is 2.28. The lowest BCUT2D eigenvalue weighted by Gasteiger charge is -2.22. The van der Waals surface area contributed by atoms with Crippen molar-refractivity contribution in [2.75, 3.05) is 7.11 Å². The van der Waals surface area contributed by atoms with Gasteiger partial charge in [-0.05, 0) is 48.6 Å². The summed E-state index contributed by atoms with van der Waals surface area (Å²) in [4.78, 5) is 19.7. The van der Waals surface area contributed by atoms with Gasteiger partial charge in [0.1, 0.15) is 0 Å². The second-order valence-corrected chi connectivity index (χ2v) is 6.95. The first-order valence-corrected chi connectivity index (χ1v) is 9.00. The molecule has 0 aliphatic heterocycles. The molecule has 1 unspecified atom stereocenters. The molecular formula is C22H23N3O2. The molecule has 3 aromatic rings. The van der Waals surface area contributed by atoms with Crippen molar-refractivity contribution in [2.24, 2.45) is 0 Å². The number of fused-ring (bicyclic) bond motifs is 1. The van der Waals surface area contributed by atoms with Crippen LogP contribution in [0.15, 0.2) is 47.3 Å². The molecule has 0 saturated heterocycles. The third kappa shape index (κ3) is 3.91. The monoisotopic (exact) mass is 361 g/mol. The van der Waals surface area contributed by atoms with E-state index in [4.69, 9.17) is 4.74 Å². The molecule has 5 heteroatoms. The number of benzene rings is 1. The highest BCUT2D eigenvalue weighted by molar-refractivity contribution is 5.80. The van der Waals surface area contributed by atoms with E-state index in [9.17, 15) is 10.1 Å². The van der Waals surface area contributed by atoms with Crippen molar-refractivity contribution in [3.63, 3.8) is 0 Å². The van der Waals surface area contributed by atoms with Gasteiger partial charge in [-0.3, -0.25) is 9.78 Å². The molecule has 1 atom stereocenters. The Kier molecular flexibility index (Phi) is 5.38. The number of methoxy groups -OCH3 is 1. The first kappa shape index (κ1) is 18.8. The summed E-state index contributed by atoms with van der Waals surface area (Å²) in [6.45, 7) is 4.30. The number of nitriles is 1. The van der Waals surface area contributed by atoms with E-state index in [2.05, 4.69) is 16.0 Å². The van der Waals surface area contributed by atoms with E-state index in [1.807, 2.05) is 56.3 Å². The summed E-state index contributed by atoms with van der Waals surface area (Å²) >= 11 is 0. The Morgan fingerprint density at radius 2 is 2.00 bits per heavy atom. The van der Waals surface area contributed by atoms with Gasteiger partial charge in [-0.2, -0.15) is 5.26 Å². The van der Waals surface area contributed by atoms with Gasteiger partial charge in [-0.25, -0.2) is 0 Å². The molecule has 0 saturated carbocycles. The molecular weight excluding hydrogens is 338 g/mol. The Labute approximate surface area is 158 Å². The minimum atomic E-state index is -0.757. The summed E-state index contributed by atoms with van der Waals surface area (Å²) < 4.78 is 5.14. The quantitative estimate of drug-likeness (QED) is 0.727. The largest absolute Gasteiger partial charge is 0.378 e. The molecule has 5 nitrogen and oxygen atoms in total. The number of hydrogen-bond donors (Lipinski definition) is 1. The summed E-state index contributed by atoms with van der Waals surface area (Å²) in [7, 11) is 1.63. The standard InChI is InChI=1S/C22H23N3O2/c1-4-15-10-16-8-9-17(11-20(16)25-21(15)26)22(2,14-23)12-18-6-5-7-19(24-18)13-27-3/h5-11H,4,12-13H2,1-3H3,(H,25,26). The number of aromatic amines is 1. The van der Waals surface area contributed by atoms with Crippen molar-refractivity contribution in [3.8, 4) is 6.07 Å². The van der Waals surface area contributed by atoms with Crippen LogP contribution in [-0.4, -0.2) is 17.1 Å². The molecule has 0 aliphatic rings. The molecule has 0 bridgehead atoms. The maximum Gasteiger partial charge on any atom is 0.251 e. The molecule has 2 heterocycles. The van der Waals surface area contributed by atoms with Gasteiger partial charge in [0.15, 0.2) is 0 Å². The van der Waals surface area contributed by atoms with E-state index >= 15 is 0 Å². The lowest BCUT2D eigenvalue weighted by Crippen LogP contribution is -2.24. The normalized spacial score (nSPS) is 13.3. The zero-order valence-corrected chi connectivity index (χ0v) is 15.9. The fourth-order valence-corrected chi connectivity index (χ4v) is 3.28. The zero-order chi connectivity index (χ0) is 19.4. The number of aryl methyl sites for hydroxylation is 1. The predicted molar refractivity (Wildman–Crippen MR) is 106 cm³/mol. The fraction of sp³-hybridized carbons (Fsp3) is 0.318. The number of rotatable bonds is 6. The molecule has 3 rings (SSSR count). The Balaban J connectivity index is 2.00. The minimum Gasteiger partial charge on any atom is -0.378 e. The van der Waals surface area contributed by atoms with Crippen LogP contribution in [-0.2, 0) is 29.6 Å². The lowest BCUT2D eigenvalue weighted by molar-refractivity contribution is 0.181. The SMILES string of the molecule is CCc1cc2ccc(C(C)(C#N)Cc3cccc(COC)n3)cc2[nH]c1=O. The van der Waals surface area contributed by atoms with Crippen LogP contribution in [0, 0.1) is 11.3 Å². The number of aromatic nitrogens is 2. The summed E-state index contributed by atoms with van der Waals surface area (Å²) in [5.41, 5.74) is 3.21. The van der Waals surface area contributed by atoms with Crippen LogP contribution >= 0.6 is 0 Å². The lowest BCUT2D eigenvalue weighted by atomic mass is 9.79. The van der Waals surface area contributed by atoms with Crippen LogP contribution in [0.3, 0.4) is 0 Å². The van der Waals surface area contributed by atoms with Crippen LogP contribution in [0.4, 0.5) is 0 Å². The van der Waals surface area contributed by atoms with E-state index < -0.39 is 5.41 Å². The van der Waals surface area contributed by atoms with Crippen molar-refractivity contribution in [2.45, 2.75) is 38.7 Å². The van der Waals surface area contributed by atoms with Gasteiger partial charge in [0.25, 0.3) is 5.56 Å². The summed E-state index contributed by atoms with van der Waals surface area (Å²) in [6.07, 6.45) is 1.16. The molecule has 138 valence electrons. The summed E-state index contributed by atoms with van der Waals surface area (Å²) in [6, 6.07) is 15.9. The van der Waals surface area contributed by atoms with Crippen LogP contribution in [0.2, 0.25) is 0 Å². The van der Waals surface area contributed by atoms with Crippen molar-refractivity contribution in [1.82, 2.24) is 9.97 Å². The minimum absolute atomic E-state index is 0.0743. The molecule has 27 heavy (non-hydrogen) atoms. The van der Waals surface area contributed by atoms with Gasteiger partial charge < -0.3 is 9.72 Å². The summed E-state index contributed by atoms with van der Waals surface area (Å²) in [5, 5.41) is 10.9. The molecule has 0 aliphatic carbocycles. The van der Waals surface area contributed by atoms with E-state index in [1.165, 1.54) is 0 Å². The number of hydrogen-bond acceptors (Lipinski definition) is 4. The Morgan fingerprint density at radius 3 is 2.70 bits per heavy atom. The molecule has 0 fully saturated rings. The van der Waals surface area contributed by atoms with E-state index in [1.54, 1.807) is 7.11 Å². The average molecular weight is 361 g/mol. The first-order chi connectivity index (χ1) is 13.0. The van der Waals surface area contributed by atoms with Gasteiger partial charge in [0, 0.05) is 30.3 Å². The highest BCUT2D eigenvalue weighted by atomic mass is 16.5. The van der Waals surface area contributed by atoms with Gasteiger partial charge in [0.2, 0.25) is 0 Å². The third-order valence-electron chi connectivity index (χ3n) is 4.88. The number of pyridine rings is 2. The molecule has 2 aromatic heterocycles. The Bertz CT molecular complexity index is 1070. The second kappa shape index (κ2) is 7.73. The average Bonchev–Trinajstić information content (AvgIpc) is 2.67. The number of H-pyrrole nitrogens is 1. The van der Waals surface area contributed by atoms with Crippen LogP contribution in [0.25, 0.3) is 10.9 Å². The van der Waals surface area contributed by atoms with Crippen LogP contribution < -0.4 is 5.56 Å². The first-order valence-electron chi connectivity index (χ1n) is 9.00. The van der Waals surface area contributed by atoms with E-state index in [0.29, 0.717) is 19.4 Å². The maximum absolute atomic E-state index is 12.1. The number of nitrogens with zero attached hydrogens (tertiary/aromatic N) is 2. The Morgan fingerprint density at radius 1 is 1.22 bits per heavy atom. The molecule has 0 radical (unpaired) electrons. The van der Waals surface area contributed by atoms with Crippen molar-refractivity contribution in [1.29, 1.82) is 5.26 Å². The van der Waals surface area contributed by atoms with E-state index in [0.717, 1.165) is 33.4 Å².